The average molecular weight is 249 g/mol. The van der Waals surface area contributed by atoms with Crippen molar-refractivity contribution in [1.82, 2.24) is 0 Å². The zero-order valence-electron chi connectivity index (χ0n) is 6.60. The second-order valence-corrected chi connectivity index (χ2v) is 4.01. The molecule has 4 heteroatoms. The summed E-state index contributed by atoms with van der Waals surface area (Å²) in [6.07, 6.45) is -2.04. The quantitative estimate of drug-likeness (QED) is 0.749. The zero-order valence-corrected chi connectivity index (χ0v) is 8.18. The minimum Gasteiger partial charge on any atom is -0.382 e. The molecule has 1 aliphatic rings. The van der Waals surface area contributed by atoms with Gasteiger partial charge in [-0.05, 0) is 11.6 Å². The van der Waals surface area contributed by atoms with Crippen molar-refractivity contribution in [3.63, 3.8) is 0 Å². The molecule has 1 aromatic rings. The molecule has 0 spiro atoms. The summed E-state index contributed by atoms with van der Waals surface area (Å²) in [6, 6.07) is 4.96. The summed E-state index contributed by atoms with van der Waals surface area (Å²) in [5, 5.41) is 9.31. The van der Waals surface area contributed by atoms with Crippen LogP contribution in [0.2, 0.25) is 0 Å². The van der Waals surface area contributed by atoms with Crippen LogP contribution in [0.15, 0.2) is 22.7 Å². The molecular weight excluding hydrogens is 242 g/mol. The number of aliphatic hydroxyl groups is 1. The smallest absolute Gasteiger partial charge is 0.281 e. The van der Waals surface area contributed by atoms with Crippen LogP contribution in [0.3, 0.4) is 0 Å². The highest BCUT2D eigenvalue weighted by Gasteiger charge is 2.47. The number of rotatable bonds is 0. The van der Waals surface area contributed by atoms with Crippen molar-refractivity contribution in [2.24, 2.45) is 0 Å². The number of alkyl halides is 2. The summed E-state index contributed by atoms with van der Waals surface area (Å²) in [5.41, 5.74) is 0.847. The Morgan fingerprint density at radius 2 is 2.15 bits per heavy atom. The van der Waals surface area contributed by atoms with Gasteiger partial charge in [0.05, 0.1) is 0 Å². The molecule has 0 bridgehead atoms. The Morgan fingerprint density at radius 1 is 1.46 bits per heavy atom. The van der Waals surface area contributed by atoms with E-state index in [1.165, 1.54) is 0 Å². The van der Waals surface area contributed by atoms with E-state index in [4.69, 9.17) is 0 Å². The molecule has 0 heterocycles. The predicted octanol–water partition coefficient (Wildman–Crippen LogP) is 2.67. The monoisotopic (exact) mass is 248 g/mol. The second-order valence-electron chi connectivity index (χ2n) is 3.15. The summed E-state index contributed by atoms with van der Waals surface area (Å²) in [7, 11) is 0. The lowest BCUT2D eigenvalue weighted by Gasteiger charge is -2.13. The van der Waals surface area contributed by atoms with Gasteiger partial charge in [0.15, 0.2) is 0 Å². The zero-order chi connectivity index (χ0) is 9.64. The van der Waals surface area contributed by atoms with E-state index in [0.29, 0.717) is 15.6 Å². The Bertz CT molecular complexity index is 351. The largest absolute Gasteiger partial charge is 0.382 e. The maximum Gasteiger partial charge on any atom is 0.281 e. The third-order valence-electron chi connectivity index (χ3n) is 2.24. The van der Waals surface area contributed by atoms with Crippen molar-refractivity contribution in [3.05, 3.63) is 33.8 Å². The first-order valence-electron chi connectivity index (χ1n) is 3.85. The Kier molecular flexibility index (Phi) is 1.92. The second kappa shape index (κ2) is 2.75. The molecule has 0 saturated heterocycles. The maximum absolute atomic E-state index is 13.0. The van der Waals surface area contributed by atoms with Crippen LogP contribution >= 0.6 is 15.9 Å². The van der Waals surface area contributed by atoms with Gasteiger partial charge in [0.25, 0.3) is 5.92 Å². The molecule has 0 aromatic heterocycles. The SMILES string of the molecule is OC1c2c(Br)cccc2CC1(F)F. The van der Waals surface area contributed by atoms with E-state index in [1.807, 2.05) is 0 Å². The molecule has 1 atom stereocenters. The molecule has 1 nitrogen and oxygen atoms in total. The molecule has 1 unspecified atom stereocenters. The van der Waals surface area contributed by atoms with Gasteiger partial charge in [-0.25, -0.2) is 8.78 Å². The molecule has 1 aromatic carbocycles. The van der Waals surface area contributed by atoms with Crippen molar-refractivity contribution < 1.29 is 13.9 Å². The van der Waals surface area contributed by atoms with E-state index in [-0.39, 0.29) is 6.42 Å². The maximum atomic E-state index is 13.0. The van der Waals surface area contributed by atoms with Crippen molar-refractivity contribution in [2.75, 3.05) is 0 Å². The minimum absolute atomic E-state index is 0.326. The van der Waals surface area contributed by atoms with Gasteiger partial charge in [0, 0.05) is 16.5 Å². The molecule has 2 rings (SSSR count). The molecule has 70 valence electrons. The minimum atomic E-state index is -3.02. The van der Waals surface area contributed by atoms with Gasteiger partial charge in [0.1, 0.15) is 6.10 Å². The molecule has 1 N–H and O–H groups in total. The van der Waals surface area contributed by atoms with Gasteiger partial charge in [-0.1, -0.05) is 28.1 Å². The predicted molar refractivity (Wildman–Crippen MR) is 47.8 cm³/mol. The molecular formula is C9H7BrF2O. The van der Waals surface area contributed by atoms with Crippen LogP contribution in [0.25, 0.3) is 0 Å². The van der Waals surface area contributed by atoms with Crippen molar-refractivity contribution in [3.8, 4) is 0 Å². The fourth-order valence-corrected chi connectivity index (χ4v) is 2.23. The van der Waals surface area contributed by atoms with Crippen molar-refractivity contribution >= 4 is 15.9 Å². The first kappa shape index (κ1) is 9.09. The topological polar surface area (TPSA) is 20.2 Å². The van der Waals surface area contributed by atoms with E-state index in [9.17, 15) is 13.9 Å². The van der Waals surface area contributed by atoms with Crippen LogP contribution in [0.4, 0.5) is 8.78 Å². The normalized spacial score (nSPS) is 24.5. The van der Waals surface area contributed by atoms with Crippen LogP contribution < -0.4 is 0 Å². The van der Waals surface area contributed by atoms with Crippen LogP contribution in [0.1, 0.15) is 17.2 Å². The molecule has 13 heavy (non-hydrogen) atoms. The Morgan fingerprint density at radius 3 is 2.77 bits per heavy atom. The van der Waals surface area contributed by atoms with Crippen molar-refractivity contribution in [1.29, 1.82) is 0 Å². The average Bonchev–Trinajstić information content (AvgIpc) is 2.24. The van der Waals surface area contributed by atoms with E-state index in [0.717, 1.165) is 0 Å². The molecule has 0 aliphatic heterocycles. The van der Waals surface area contributed by atoms with E-state index >= 15 is 0 Å². The lowest BCUT2D eigenvalue weighted by molar-refractivity contribution is -0.0970. The highest BCUT2D eigenvalue weighted by Crippen LogP contribution is 2.45. The van der Waals surface area contributed by atoms with E-state index in [2.05, 4.69) is 15.9 Å². The number of halogens is 3. The van der Waals surface area contributed by atoms with E-state index in [1.54, 1.807) is 18.2 Å². The lowest BCUT2D eigenvalue weighted by atomic mass is 10.1. The molecule has 0 saturated carbocycles. The third-order valence-corrected chi connectivity index (χ3v) is 2.93. The van der Waals surface area contributed by atoms with Crippen molar-refractivity contribution in [2.45, 2.75) is 18.4 Å². The molecule has 0 fully saturated rings. The van der Waals surface area contributed by atoms with Gasteiger partial charge in [0.2, 0.25) is 0 Å². The standard InChI is InChI=1S/C9H7BrF2O/c10-6-3-1-2-5-4-9(11,12)8(13)7(5)6/h1-3,8,13H,4H2. The summed E-state index contributed by atoms with van der Waals surface area (Å²) in [6.45, 7) is 0. The molecule has 1 aliphatic carbocycles. The highest BCUT2D eigenvalue weighted by atomic mass is 79.9. The number of fused-ring (bicyclic) bond motifs is 1. The van der Waals surface area contributed by atoms with Crippen LogP contribution in [0.5, 0.6) is 0 Å². The Hall–Kier alpha value is -0.480. The lowest BCUT2D eigenvalue weighted by Crippen LogP contribution is -2.21. The van der Waals surface area contributed by atoms with Gasteiger partial charge >= 0.3 is 0 Å². The number of aliphatic hydroxyl groups excluding tert-OH is 1. The first-order chi connectivity index (χ1) is 6.02. The molecule has 0 radical (unpaired) electrons. The number of hydrogen-bond donors (Lipinski definition) is 1. The summed E-state index contributed by atoms with van der Waals surface area (Å²) >= 11 is 3.15. The Balaban J connectivity index is 2.57. The fraction of sp³-hybridized carbons (Fsp3) is 0.333. The van der Waals surface area contributed by atoms with Gasteiger partial charge in [-0.15, -0.1) is 0 Å². The summed E-state index contributed by atoms with van der Waals surface area (Å²) in [4.78, 5) is 0. The Labute approximate surface area is 82.5 Å². The highest BCUT2D eigenvalue weighted by molar-refractivity contribution is 9.10. The summed E-state index contributed by atoms with van der Waals surface area (Å²) < 4.78 is 26.6. The molecule has 0 amide bonds. The fourth-order valence-electron chi connectivity index (χ4n) is 1.60. The summed E-state index contributed by atoms with van der Waals surface area (Å²) in [5.74, 6) is -3.02. The number of benzene rings is 1. The van der Waals surface area contributed by atoms with Crippen LogP contribution in [-0.2, 0) is 6.42 Å². The van der Waals surface area contributed by atoms with Gasteiger partial charge < -0.3 is 5.11 Å². The number of hydrogen-bond acceptors (Lipinski definition) is 1. The van der Waals surface area contributed by atoms with Gasteiger partial charge in [-0.2, -0.15) is 0 Å². The van der Waals surface area contributed by atoms with Crippen LogP contribution in [0, 0.1) is 0 Å². The van der Waals surface area contributed by atoms with Gasteiger partial charge in [-0.3, -0.25) is 0 Å². The van der Waals surface area contributed by atoms with Crippen LogP contribution in [-0.4, -0.2) is 11.0 Å². The first-order valence-corrected chi connectivity index (χ1v) is 4.65. The third kappa shape index (κ3) is 1.28. The van der Waals surface area contributed by atoms with E-state index < -0.39 is 12.0 Å².